The number of benzene rings is 1. The van der Waals surface area contributed by atoms with Gasteiger partial charge in [-0.05, 0) is 18.9 Å². The highest BCUT2D eigenvalue weighted by atomic mass is 19.2. The molecule has 150 valence electrons. The summed E-state index contributed by atoms with van der Waals surface area (Å²) in [6.07, 6.45) is 6.84. The summed E-state index contributed by atoms with van der Waals surface area (Å²) in [6.45, 7) is 3.92. The van der Waals surface area contributed by atoms with Crippen LogP contribution in [-0.2, 0) is 9.47 Å². The van der Waals surface area contributed by atoms with E-state index in [4.69, 9.17) is 9.47 Å². The van der Waals surface area contributed by atoms with E-state index in [1.165, 1.54) is 14.2 Å². The number of hydrogen-bond donors (Lipinski definition) is 0. The third-order valence-electron chi connectivity index (χ3n) is 5.07. The molecule has 0 bridgehead atoms. The van der Waals surface area contributed by atoms with E-state index in [1.54, 1.807) is 6.92 Å². The topological polar surface area (TPSA) is 18.5 Å². The van der Waals surface area contributed by atoms with Gasteiger partial charge in [0.2, 0.25) is 0 Å². The van der Waals surface area contributed by atoms with E-state index in [9.17, 15) is 17.6 Å². The van der Waals surface area contributed by atoms with Crippen molar-refractivity contribution in [1.29, 1.82) is 0 Å². The Hall–Kier alpha value is -1.14. The van der Waals surface area contributed by atoms with Gasteiger partial charge in [-0.3, -0.25) is 0 Å². The van der Waals surface area contributed by atoms with Gasteiger partial charge in [-0.15, -0.1) is 0 Å². The molecule has 0 aromatic heterocycles. The third-order valence-corrected chi connectivity index (χ3v) is 5.07. The molecule has 0 saturated carbocycles. The first kappa shape index (κ1) is 22.9. The lowest BCUT2D eigenvalue weighted by Crippen LogP contribution is -2.40. The Morgan fingerprint density at radius 2 is 1.42 bits per heavy atom. The van der Waals surface area contributed by atoms with Crippen molar-refractivity contribution in [1.82, 2.24) is 0 Å². The third kappa shape index (κ3) is 5.19. The van der Waals surface area contributed by atoms with Crippen LogP contribution in [0.3, 0.4) is 0 Å². The van der Waals surface area contributed by atoms with Crippen LogP contribution >= 0.6 is 0 Å². The molecule has 26 heavy (non-hydrogen) atoms. The molecule has 0 amide bonds. The van der Waals surface area contributed by atoms with Crippen LogP contribution in [-0.4, -0.2) is 20.0 Å². The Kier molecular flexibility index (Phi) is 9.58. The Morgan fingerprint density at radius 1 is 0.846 bits per heavy atom. The van der Waals surface area contributed by atoms with Crippen molar-refractivity contribution in [3.8, 4) is 0 Å². The second kappa shape index (κ2) is 10.9. The maximum atomic E-state index is 14.4. The zero-order valence-electron chi connectivity index (χ0n) is 16.1. The first-order valence-electron chi connectivity index (χ1n) is 9.31. The predicted octanol–water partition coefficient (Wildman–Crippen LogP) is 6.48. The van der Waals surface area contributed by atoms with Crippen LogP contribution in [0.5, 0.6) is 0 Å². The molecule has 2 nitrogen and oxygen atoms in total. The minimum Gasteiger partial charge on any atom is -0.353 e. The van der Waals surface area contributed by atoms with Gasteiger partial charge in [0.15, 0.2) is 29.1 Å². The van der Waals surface area contributed by atoms with E-state index in [2.05, 4.69) is 6.92 Å². The molecule has 0 aliphatic carbocycles. The lowest BCUT2D eigenvalue weighted by Gasteiger charge is -2.38. The Morgan fingerprint density at radius 3 is 1.96 bits per heavy atom. The summed E-state index contributed by atoms with van der Waals surface area (Å²) in [5.41, 5.74) is -0.250. The van der Waals surface area contributed by atoms with Crippen molar-refractivity contribution in [2.24, 2.45) is 0 Å². The highest BCUT2D eigenvalue weighted by Gasteiger charge is 2.41. The fourth-order valence-corrected chi connectivity index (χ4v) is 3.49. The van der Waals surface area contributed by atoms with Crippen LogP contribution in [0.25, 0.3) is 0 Å². The summed E-state index contributed by atoms with van der Waals surface area (Å²) in [5, 5.41) is 0. The molecule has 1 atom stereocenters. The molecule has 0 radical (unpaired) electrons. The van der Waals surface area contributed by atoms with Gasteiger partial charge in [0, 0.05) is 25.7 Å². The second-order valence-corrected chi connectivity index (χ2v) is 6.57. The van der Waals surface area contributed by atoms with Crippen LogP contribution in [0.15, 0.2) is 6.07 Å². The van der Waals surface area contributed by atoms with Crippen LogP contribution in [0, 0.1) is 23.3 Å². The maximum Gasteiger partial charge on any atom is 0.197 e. The van der Waals surface area contributed by atoms with Crippen molar-refractivity contribution in [2.45, 2.75) is 76.9 Å². The van der Waals surface area contributed by atoms with Gasteiger partial charge >= 0.3 is 0 Å². The minimum atomic E-state index is -1.80. The molecule has 0 fully saturated rings. The van der Waals surface area contributed by atoms with Crippen LogP contribution in [0.2, 0.25) is 0 Å². The van der Waals surface area contributed by atoms with Crippen LogP contribution < -0.4 is 0 Å². The van der Waals surface area contributed by atoms with Gasteiger partial charge in [0.25, 0.3) is 0 Å². The fraction of sp³-hybridized carbons (Fsp3) is 0.700. The second-order valence-electron chi connectivity index (χ2n) is 6.57. The molecule has 0 spiro atoms. The summed E-state index contributed by atoms with van der Waals surface area (Å²) in [6, 6.07) is 0.720. The first-order chi connectivity index (χ1) is 12.4. The minimum absolute atomic E-state index is 0.250. The normalized spacial score (nSPS) is 13.2. The average molecular weight is 378 g/mol. The van der Waals surface area contributed by atoms with Gasteiger partial charge in [-0.1, -0.05) is 52.4 Å². The quantitative estimate of drug-likeness (QED) is 0.136. The number of hydrogen-bond acceptors (Lipinski definition) is 2. The monoisotopic (exact) mass is 378 g/mol. The van der Waals surface area contributed by atoms with Gasteiger partial charge in [0.1, 0.15) is 0 Å². The molecular weight excluding hydrogens is 348 g/mol. The lowest BCUT2D eigenvalue weighted by molar-refractivity contribution is -0.225. The molecule has 0 heterocycles. The SMILES string of the molecule is CCCCCCCCC(c1cc(F)c(F)c(F)c1F)C(CC)(OC)OC. The molecule has 1 aromatic rings. The first-order valence-corrected chi connectivity index (χ1v) is 9.31. The Labute approximate surface area is 153 Å². The number of halogens is 4. The molecule has 1 aromatic carbocycles. The highest BCUT2D eigenvalue weighted by molar-refractivity contribution is 5.27. The van der Waals surface area contributed by atoms with Crippen LogP contribution in [0.4, 0.5) is 17.6 Å². The van der Waals surface area contributed by atoms with Crippen molar-refractivity contribution in [3.05, 3.63) is 34.9 Å². The highest BCUT2D eigenvalue weighted by Crippen LogP contribution is 2.41. The molecule has 0 aliphatic heterocycles. The molecule has 0 saturated heterocycles. The lowest BCUT2D eigenvalue weighted by atomic mass is 9.83. The predicted molar refractivity (Wildman–Crippen MR) is 94.0 cm³/mol. The van der Waals surface area contributed by atoms with Crippen molar-refractivity contribution in [2.75, 3.05) is 14.2 Å². The standard InChI is InChI=1S/C20H30F4O2/c1-5-7-8-9-10-11-12-15(20(6-2,25-3)26-4)14-13-16(21)18(23)19(24)17(14)22/h13,15H,5-12H2,1-4H3. The smallest absolute Gasteiger partial charge is 0.197 e. The summed E-state index contributed by atoms with van der Waals surface area (Å²) in [4.78, 5) is 0. The summed E-state index contributed by atoms with van der Waals surface area (Å²) >= 11 is 0. The molecule has 1 unspecified atom stereocenters. The van der Waals surface area contributed by atoms with Gasteiger partial charge in [-0.2, -0.15) is 0 Å². The van der Waals surface area contributed by atoms with Gasteiger partial charge < -0.3 is 9.47 Å². The zero-order valence-corrected chi connectivity index (χ0v) is 16.1. The molecule has 0 N–H and O–H groups in total. The summed E-state index contributed by atoms with van der Waals surface area (Å²) in [7, 11) is 2.82. The van der Waals surface area contributed by atoms with E-state index < -0.39 is 35.0 Å². The maximum absolute atomic E-state index is 14.4. The number of rotatable bonds is 12. The van der Waals surface area contributed by atoms with Gasteiger partial charge in [-0.25, -0.2) is 17.6 Å². The fourth-order valence-electron chi connectivity index (χ4n) is 3.49. The van der Waals surface area contributed by atoms with E-state index in [1.807, 2.05) is 0 Å². The van der Waals surface area contributed by atoms with Crippen molar-refractivity contribution < 1.29 is 27.0 Å². The average Bonchev–Trinajstić information content (AvgIpc) is 2.66. The Bertz CT molecular complexity index is 551. The van der Waals surface area contributed by atoms with E-state index in [-0.39, 0.29) is 5.56 Å². The molecule has 6 heteroatoms. The zero-order chi connectivity index (χ0) is 19.7. The van der Waals surface area contributed by atoms with E-state index in [0.717, 1.165) is 44.6 Å². The number of ether oxygens (including phenoxy) is 2. The van der Waals surface area contributed by atoms with Crippen molar-refractivity contribution in [3.63, 3.8) is 0 Å². The molecule has 1 rings (SSSR count). The van der Waals surface area contributed by atoms with Crippen molar-refractivity contribution >= 4 is 0 Å². The largest absolute Gasteiger partial charge is 0.353 e. The van der Waals surface area contributed by atoms with E-state index in [0.29, 0.717) is 12.8 Å². The van der Waals surface area contributed by atoms with E-state index >= 15 is 0 Å². The number of methoxy groups -OCH3 is 2. The summed E-state index contributed by atoms with van der Waals surface area (Å²) < 4.78 is 66.2. The summed E-state index contributed by atoms with van der Waals surface area (Å²) in [5.74, 6) is -8.39. The van der Waals surface area contributed by atoms with Gasteiger partial charge in [0.05, 0.1) is 0 Å². The molecular formula is C20H30F4O2. The van der Waals surface area contributed by atoms with Crippen LogP contribution in [0.1, 0.15) is 76.7 Å². The molecule has 0 aliphatic rings. The number of unbranched alkanes of at least 4 members (excludes halogenated alkanes) is 5. The Balaban J connectivity index is 3.13.